The Morgan fingerprint density at radius 2 is 1.84 bits per heavy atom. The van der Waals surface area contributed by atoms with Gasteiger partial charge < -0.3 is 19.6 Å². The van der Waals surface area contributed by atoms with Gasteiger partial charge in [0.05, 0.1) is 6.04 Å². The summed E-state index contributed by atoms with van der Waals surface area (Å²) < 4.78 is 8.85. The summed E-state index contributed by atoms with van der Waals surface area (Å²) in [7, 11) is 0. The van der Waals surface area contributed by atoms with Gasteiger partial charge in [-0.15, -0.1) is 0 Å². The summed E-state index contributed by atoms with van der Waals surface area (Å²) >= 11 is 16.9. The Balaban J connectivity index is 2.22. The first-order valence-corrected chi connectivity index (χ1v) is 11.5. The van der Waals surface area contributed by atoms with Gasteiger partial charge in [0.25, 0.3) is 0 Å². The Labute approximate surface area is 203 Å². The van der Waals surface area contributed by atoms with E-state index in [1.165, 1.54) is 0 Å². The molecule has 0 aromatic heterocycles. The van der Waals surface area contributed by atoms with Crippen LogP contribution in [0.2, 0.25) is 0 Å². The van der Waals surface area contributed by atoms with Crippen LogP contribution in [0, 0.1) is 0 Å². The molecule has 1 aliphatic heterocycles. The summed E-state index contributed by atoms with van der Waals surface area (Å²) in [5, 5.41) is 2.69. The van der Waals surface area contributed by atoms with Crippen LogP contribution in [0.5, 0.6) is 0 Å². The van der Waals surface area contributed by atoms with Crippen molar-refractivity contribution in [3.8, 4) is 0 Å². The molecule has 1 aromatic rings. The van der Waals surface area contributed by atoms with Gasteiger partial charge in [-0.05, 0) is 39.2 Å². The molecule has 3 atom stereocenters. The smallest absolute Gasteiger partial charge is 0.407 e. The van der Waals surface area contributed by atoms with Gasteiger partial charge in [0, 0.05) is 19.0 Å². The van der Waals surface area contributed by atoms with Crippen LogP contribution in [0.3, 0.4) is 0 Å². The summed E-state index contributed by atoms with van der Waals surface area (Å²) in [6, 6.07) is 8.26. The number of hydrogen-bond acceptors (Lipinski definition) is 6. The van der Waals surface area contributed by atoms with E-state index in [0.29, 0.717) is 19.4 Å². The number of halogens is 3. The second-order valence-electron chi connectivity index (χ2n) is 8.70. The zero-order valence-electron chi connectivity index (χ0n) is 18.4. The number of benzene rings is 1. The number of nitrogens with zero attached hydrogens (tertiary/aromatic N) is 1. The second kappa shape index (κ2) is 11.5. The number of carbonyl (C=O) groups is 3. The second-order valence-corrected chi connectivity index (χ2v) is 11.2. The van der Waals surface area contributed by atoms with E-state index < -0.39 is 34.2 Å². The van der Waals surface area contributed by atoms with Crippen molar-refractivity contribution in [3.63, 3.8) is 0 Å². The Morgan fingerprint density at radius 1 is 1.19 bits per heavy atom. The summed E-state index contributed by atoms with van der Waals surface area (Å²) in [6.07, 6.45) is 1.08. The predicted octanol–water partition coefficient (Wildman–Crippen LogP) is 4.42. The van der Waals surface area contributed by atoms with Gasteiger partial charge in [0.1, 0.15) is 24.5 Å². The number of carbonyl (C=O) groups excluding carboxylic acids is 3. The minimum absolute atomic E-state index is 0.0415. The van der Waals surface area contributed by atoms with Gasteiger partial charge in [-0.2, -0.15) is 0 Å². The zero-order valence-corrected chi connectivity index (χ0v) is 20.6. The lowest BCUT2D eigenvalue weighted by Crippen LogP contribution is -2.52. The van der Waals surface area contributed by atoms with Crippen LogP contribution in [0.15, 0.2) is 30.3 Å². The van der Waals surface area contributed by atoms with Crippen LogP contribution in [0.4, 0.5) is 4.79 Å². The maximum atomic E-state index is 12.9. The van der Waals surface area contributed by atoms with Gasteiger partial charge in [-0.25, -0.2) is 4.79 Å². The lowest BCUT2D eigenvalue weighted by Gasteiger charge is -2.35. The molecule has 0 bridgehead atoms. The van der Waals surface area contributed by atoms with Gasteiger partial charge in [0.2, 0.25) is 3.79 Å². The van der Waals surface area contributed by atoms with E-state index in [1.807, 2.05) is 56.0 Å². The van der Waals surface area contributed by atoms with Crippen molar-refractivity contribution < 1.29 is 23.9 Å². The van der Waals surface area contributed by atoms with E-state index in [4.69, 9.17) is 44.3 Å². The average Bonchev–Trinajstić information content (AvgIpc) is 3.08. The first-order chi connectivity index (χ1) is 14.9. The summed E-state index contributed by atoms with van der Waals surface area (Å²) in [6.45, 7) is 5.47. The molecule has 0 radical (unpaired) electrons. The number of aldehydes is 1. The van der Waals surface area contributed by atoms with Crippen LogP contribution in [-0.4, -0.2) is 57.4 Å². The molecule has 32 heavy (non-hydrogen) atoms. The minimum atomic E-state index is -1.74. The standard InChI is InChI=1S/C22H29Cl3N2O5/c1-21(2,3)32-19(29)18-10-9-17(27(18)13-15-7-5-4-6-8-15)16(11-12-28)26-20(30)31-14-22(23,24)25/h4-8,12,16-18H,9-11,13-14H2,1-3H3,(H,26,30)/t16-,17-,18-/m0/s1. The number of rotatable bonds is 8. The summed E-state index contributed by atoms with van der Waals surface area (Å²) in [5.74, 6) is -0.334. The maximum Gasteiger partial charge on any atom is 0.407 e. The number of likely N-dealkylation sites (tertiary alicyclic amines) is 1. The molecule has 2 rings (SSSR count). The van der Waals surface area contributed by atoms with E-state index in [-0.39, 0.29) is 18.4 Å². The minimum Gasteiger partial charge on any atom is -0.459 e. The molecule has 10 heteroatoms. The van der Waals surface area contributed by atoms with E-state index in [9.17, 15) is 14.4 Å². The number of ether oxygens (including phenoxy) is 2. The number of alkyl halides is 3. The van der Waals surface area contributed by atoms with Crippen LogP contribution >= 0.6 is 34.8 Å². The number of hydrogen-bond donors (Lipinski definition) is 1. The number of alkyl carbamates (subject to hydrolysis) is 1. The first-order valence-electron chi connectivity index (χ1n) is 10.4. The van der Waals surface area contributed by atoms with Crippen molar-refractivity contribution in [1.29, 1.82) is 0 Å². The number of esters is 1. The Morgan fingerprint density at radius 3 is 2.41 bits per heavy atom. The normalized spacial score (nSPS) is 20.4. The molecule has 0 spiro atoms. The van der Waals surface area contributed by atoms with Crippen LogP contribution < -0.4 is 5.32 Å². The van der Waals surface area contributed by atoms with E-state index in [1.54, 1.807) is 0 Å². The van der Waals surface area contributed by atoms with Crippen molar-refractivity contribution in [2.45, 2.75) is 74.1 Å². The highest BCUT2D eigenvalue weighted by Crippen LogP contribution is 2.31. The third-order valence-corrected chi connectivity index (χ3v) is 5.26. The Bertz CT molecular complexity index is 780. The zero-order chi connectivity index (χ0) is 23.9. The quantitative estimate of drug-likeness (QED) is 0.319. The van der Waals surface area contributed by atoms with Gasteiger partial charge >= 0.3 is 12.1 Å². The molecule has 0 saturated carbocycles. The molecule has 1 heterocycles. The third-order valence-electron chi connectivity index (χ3n) is 4.93. The fourth-order valence-corrected chi connectivity index (χ4v) is 3.89. The molecule has 1 amide bonds. The van der Waals surface area contributed by atoms with Crippen LogP contribution in [-0.2, 0) is 25.6 Å². The van der Waals surface area contributed by atoms with Crippen LogP contribution in [0.25, 0.3) is 0 Å². The molecule has 1 fully saturated rings. The Kier molecular flexibility index (Phi) is 9.64. The fraction of sp³-hybridized carbons (Fsp3) is 0.591. The summed E-state index contributed by atoms with van der Waals surface area (Å²) in [4.78, 5) is 38.5. The van der Waals surface area contributed by atoms with E-state index in [0.717, 1.165) is 11.8 Å². The molecule has 7 nitrogen and oxygen atoms in total. The molecule has 1 aliphatic rings. The third kappa shape index (κ3) is 8.77. The lowest BCUT2D eigenvalue weighted by molar-refractivity contribution is -0.161. The monoisotopic (exact) mass is 506 g/mol. The highest BCUT2D eigenvalue weighted by atomic mass is 35.6. The molecular formula is C22H29Cl3N2O5. The highest BCUT2D eigenvalue weighted by Gasteiger charge is 2.43. The van der Waals surface area contributed by atoms with E-state index >= 15 is 0 Å². The van der Waals surface area contributed by atoms with Crippen molar-refractivity contribution in [3.05, 3.63) is 35.9 Å². The molecule has 0 aliphatic carbocycles. The molecule has 0 unspecified atom stereocenters. The van der Waals surface area contributed by atoms with Crippen molar-refractivity contribution in [1.82, 2.24) is 10.2 Å². The predicted molar refractivity (Wildman–Crippen MR) is 124 cm³/mol. The fourth-order valence-electron chi connectivity index (χ4n) is 3.72. The maximum absolute atomic E-state index is 12.9. The molecular weight excluding hydrogens is 479 g/mol. The van der Waals surface area contributed by atoms with Gasteiger partial charge in [-0.1, -0.05) is 65.1 Å². The van der Waals surface area contributed by atoms with E-state index in [2.05, 4.69) is 5.32 Å². The molecule has 1 aromatic carbocycles. The van der Waals surface area contributed by atoms with Crippen LogP contribution in [0.1, 0.15) is 45.6 Å². The SMILES string of the molecule is CC(C)(C)OC(=O)[C@@H]1CC[C@@H]([C@H](CC=O)NC(=O)OCC(Cl)(Cl)Cl)N1Cc1ccccc1. The Hall–Kier alpha value is -1.54. The van der Waals surface area contributed by atoms with Crippen molar-refractivity contribution >= 4 is 53.2 Å². The molecule has 1 saturated heterocycles. The molecule has 178 valence electrons. The van der Waals surface area contributed by atoms with Crippen molar-refractivity contribution in [2.24, 2.45) is 0 Å². The highest BCUT2D eigenvalue weighted by molar-refractivity contribution is 6.67. The topological polar surface area (TPSA) is 84.9 Å². The average molecular weight is 508 g/mol. The van der Waals surface area contributed by atoms with Gasteiger partial charge in [0.15, 0.2) is 0 Å². The summed E-state index contributed by atoms with van der Waals surface area (Å²) in [5.41, 5.74) is 0.367. The lowest BCUT2D eigenvalue weighted by atomic mass is 10.0. The van der Waals surface area contributed by atoms with Crippen molar-refractivity contribution in [2.75, 3.05) is 6.61 Å². The van der Waals surface area contributed by atoms with Gasteiger partial charge in [-0.3, -0.25) is 9.69 Å². The molecule has 1 N–H and O–H groups in total. The number of amides is 1. The largest absolute Gasteiger partial charge is 0.459 e. The number of nitrogens with one attached hydrogen (secondary N) is 1. The first kappa shape index (κ1) is 26.7.